The lowest BCUT2D eigenvalue weighted by Gasteiger charge is -2.66. The third kappa shape index (κ3) is 3.16. The number of nitriles is 1. The minimum absolute atomic E-state index is 0.227. The van der Waals surface area contributed by atoms with E-state index in [1.807, 2.05) is 0 Å². The van der Waals surface area contributed by atoms with E-state index in [1.54, 1.807) is 0 Å². The Labute approximate surface area is 142 Å². The summed E-state index contributed by atoms with van der Waals surface area (Å²) in [5.41, 5.74) is -2.70. The van der Waals surface area contributed by atoms with Gasteiger partial charge in [0.1, 0.15) is 0 Å². The molecule has 0 saturated heterocycles. The molecule has 0 atom stereocenters. The number of hydrogen-bond donors (Lipinski definition) is 2. The predicted molar refractivity (Wildman–Crippen MR) is 82.0 cm³/mol. The molecular formula is C15H14F3N3O3S. The number of sulfonamides is 1. The Morgan fingerprint density at radius 1 is 1.28 bits per heavy atom. The van der Waals surface area contributed by atoms with Gasteiger partial charge in [0, 0.05) is 5.54 Å². The van der Waals surface area contributed by atoms with Crippen LogP contribution in [0.25, 0.3) is 0 Å². The number of hydrogen-bond acceptors (Lipinski definition) is 4. The molecule has 0 spiro atoms. The predicted octanol–water partition coefficient (Wildman–Crippen LogP) is 2.25. The monoisotopic (exact) mass is 373 g/mol. The number of nitrogens with one attached hydrogen (secondary N) is 2. The third-order valence-electron chi connectivity index (χ3n) is 4.53. The molecule has 134 valence electrons. The summed E-state index contributed by atoms with van der Waals surface area (Å²) < 4.78 is 63.6. The normalized spacial score (nSPS) is 27.5. The topological polar surface area (TPSA) is 99.1 Å². The summed E-state index contributed by atoms with van der Waals surface area (Å²) in [7, 11) is -3.77. The third-order valence-corrected chi connectivity index (χ3v) is 5.12. The second-order valence-corrected chi connectivity index (χ2v) is 8.54. The van der Waals surface area contributed by atoms with Crippen LogP contribution in [0, 0.1) is 16.7 Å². The molecule has 0 unspecified atom stereocenters. The van der Waals surface area contributed by atoms with Crippen LogP contribution in [-0.4, -0.2) is 26.1 Å². The van der Waals surface area contributed by atoms with E-state index in [2.05, 4.69) is 16.1 Å². The second kappa shape index (κ2) is 5.11. The number of alkyl halides is 3. The number of anilines is 1. The van der Waals surface area contributed by atoms with Crippen molar-refractivity contribution in [3.63, 3.8) is 0 Å². The highest BCUT2D eigenvalue weighted by atomic mass is 32.2. The highest BCUT2D eigenvalue weighted by Crippen LogP contribution is 2.66. The van der Waals surface area contributed by atoms with E-state index >= 15 is 0 Å². The molecule has 0 aromatic heterocycles. The first-order valence-electron chi connectivity index (χ1n) is 7.30. The van der Waals surface area contributed by atoms with Gasteiger partial charge in [0.25, 0.3) is 5.91 Å². The summed E-state index contributed by atoms with van der Waals surface area (Å²) in [6.45, 7) is 0. The first-order chi connectivity index (χ1) is 11.4. The fraction of sp³-hybridized carbons (Fsp3) is 0.467. The molecule has 2 bridgehead atoms. The summed E-state index contributed by atoms with van der Waals surface area (Å²) in [6, 6.07) is 4.40. The largest absolute Gasteiger partial charge is 0.416 e. The first-order valence-corrected chi connectivity index (χ1v) is 9.19. The van der Waals surface area contributed by atoms with Gasteiger partial charge in [0.05, 0.1) is 34.6 Å². The fourth-order valence-corrected chi connectivity index (χ4v) is 4.12. The van der Waals surface area contributed by atoms with Crippen LogP contribution in [0.15, 0.2) is 18.2 Å². The average Bonchev–Trinajstić information content (AvgIpc) is 2.38. The molecule has 3 aliphatic carbocycles. The highest BCUT2D eigenvalue weighted by molar-refractivity contribution is 7.92. The van der Waals surface area contributed by atoms with E-state index in [0.717, 1.165) is 12.3 Å². The van der Waals surface area contributed by atoms with E-state index in [1.165, 1.54) is 0 Å². The van der Waals surface area contributed by atoms with E-state index in [0.29, 0.717) is 31.4 Å². The number of nitrogens with zero attached hydrogens (tertiary/aromatic N) is 1. The Bertz CT molecular complexity index is 883. The van der Waals surface area contributed by atoms with Crippen molar-refractivity contribution in [1.29, 1.82) is 5.26 Å². The maximum Gasteiger partial charge on any atom is 0.416 e. The van der Waals surface area contributed by atoms with Gasteiger partial charge in [-0.05, 0) is 37.5 Å². The minimum Gasteiger partial charge on any atom is -0.346 e. The van der Waals surface area contributed by atoms with Gasteiger partial charge in [-0.15, -0.1) is 0 Å². The zero-order valence-corrected chi connectivity index (χ0v) is 13.9. The van der Waals surface area contributed by atoms with Crippen LogP contribution in [0.3, 0.4) is 0 Å². The van der Waals surface area contributed by atoms with Crippen LogP contribution in [0.4, 0.5) is 18.9 Å². The average molecular weight is 373 g/mol. The first kappa shape index (κ1) is 17.5. The lowest BCUT2D eigenvalue weighted by Crippen LogP contribution is -2.74. The molecule has 3 fully saturated rings. The Hall–Kier alpha value is -2.28. The quantitative estimate of drug-likeness (QED) is 0.846. The molecule has 2 N–H and O–H groups in total. The van der Waals surface area contributed by atoms with E-state index < -0.39 is 44.2 Å². The van der Waals surface area contributed by atoms with Gasteiger partial charge in [0.2, 0.25) is 10.0 Å². The van der Waals surface area contributed by atoms with Crippen molar-refractivity contribution in [2.24, 2.45) is 5.41 Å². The molecule has 1 amide bonds. The van der Waals surface area contributed by atoms with Crippen molar-refractivity contribution in [3.05, 3.63) is 29.3 Å². The number of halogens is 3. The molecular weight excluding hydrogens is 359 g/mol. The summed E-state index contributed by atoms with van der Waals surface area (Å²) >= 11 is 0. The lowest BCUT2D eigenvalue weighted by molar-refractivity contribution is -0.137. The highest BCUT2D eigenvalue weighted by Gasteiger charge is 2.69. The lowest BCUT2D eigenvalue weighted by atomic mass is 9.40. The Kier molecular flexibility index (Phi) is 3.58. The number of rotatable bonds is 4. The van der Waals surface area contributed by atoms with Crippen molar-refractivity contribution >= 4 is 21.6 Å². The summed E-state index contributed by atoms with van der Waals surface area (Å²) in [6.07, 6.45) is -2.47. The minimum atomic E-state index is -4.67. The molecule has 0 radical (unpaired) electrons. The summed E-state index contributed by atoms with van der Waals surface area (Å²) in [4.78, 5) is 12.5. The fourth-order valence-electron chi connectivity index (χ4n) is 3.54. The molecule has 1 aromatic rings. The van der Waals surface area contributed by atoms with Gasteiger partial charge < -0.3 is 5.32 Å². The van der Waals surface area contributed by atoms with Crippen LogP contribution in [-0.2, 0) is 16.2 Å². The molecule has 10 heteroatoms. The van der Waals surface area contributed by atoms with E-state index in [-0.39, 0.29) is 5.69 Å². The molecule has 4 rings (SSSR count). The van der Waals surface area contributed by atoms with Crippen LogP contribution < -0.4 is 10.0 Å². The van der Waals surface area contributed by atoms with Gasteiger partial charge in [-0.2, -0.15) is 18.4 Å². The van der Waals surface area contributed by atoms with Crippen LogP contribution in [0.1, 0.15) is 35.2 Å². The zero-order chi connectivity index (χ0) is 18.7. The zero-order valence-electron chi connectivity index (χ0n) is 13.1. The second-order valence-electron chi connectivity index (χ2n) is 6.79. The van der Waals surface area contributed by atoms with Crippen LogP contribution in [0.5, 0.6) is 0 Å². The van der Waals surface area contributed by atoms with Gasteiger partial charge in [-0.25, -0.2) is 8.42 Å². The number of carbonyl (C=O) groups excluding carboxylic acids is 1. The van der Waals surface area contributed by atoms with Crippen molar-refractivity contribution in [1.82, 2.24) is 5.32 Å². The van der Waals surface area contributed by atoms with Crippen molar-refractivity contribution in [2.75, 3.05) is 11.0 Å². The SMILES string of the molecule is CS(=O)(=O)Nc1ccc(C(F)(F)F)cc1C(=O)NC12CC(C#N)(C1)C2. The smallest absolute Gasteiger partial charge is 0.346 e. The summed E-state index contributed by atoms with van der Waals surface area (Å²) in [5.74, 6) is -0.802. The van der Waals surface area contributed by atoms with Crippen molar-refractivity contribution in [3.8, 4) is 6.07 Å². The van der Waals surface area contributed by atoms with Crippen LogP contribution in [0.2, 0.25) is 0 Å². The molecule has 1 aromatic carbocycles. The van der Waals surface area contributed by atoms with E-state index in [9.17, 15) is 26.4 Å². The Morgan fingerprint density at radius 2 is 1.88 bits per heavy atom. The van der Waals surface area contributed by atoms with Crippen LogP contribution >= 0.6 is 0 Å². The standard InChI is InChI=1S/C15H14F3N3O3S/c1-25(23,24)21-11-3-2-9(15(16,17)18)4-10(11)12(22)20-14-5-13(6-14,7-14)8-19/h2-4,21H,5-7H2,1H3,(H,20,22). The maximum atomic E-state index is 12.9. The number of carbonyl (C=O) groups is 1. The van der Waals surface area contributed by atoms with Gasteiger partial charge >= 0.3 is 6.18 Å². The van der Waals surface area contributed by atoms with Crippen molar-refractivity contribution < 1.29 is 26.4 Å². The Balaban J connectivity index is 1.89. The number of amides is 1. The van der Waals surface area contributed by atoms with Crippen molar-refractivity contribution in [2.45, 2.75) is 31.0 Å². The van der Waals surface area contributed by atoms with E-state index in [4.69, 9.17) is 5.26 Å². The molecule has 6 nitrogen and oxygen atoms in total. The Morgan fingerprint density at radius 3 is 2.36 bits per heavy atom. The molecule has 25 heavy (non-hydrogen) atoms. The number of benzene rings is 1. The summed E-state index contributed by atoms with van der Waals surface area (Å²) in [5, 5.41) is 11.6. The maximum absolute atomic E-state index is 12.9. The molecule has 3 aliphatic rings. The van der Waals surface area contributed by atoms with Gasteiger partial charge in [-0.3, -0.25) is 9.52 Å². The molecule has 0 heterocycles. The molecule has 0 aliphatic heterocycles. The molecule has 3 saturated carbocycles. The van der Waals surface area contributed by atoms with Gasteiger partial charge in [0.15, 0.2) is 0 Å². The van der Waals surface area contributed by atoms with Gasteiger partial charge in [-0.1, -0.05) is 0 Å².